The Bertz CT molecular complexity index is 405. The SMILES string of the molecule is NC(=O)C1CCCN(Cc2ccccc2N)C1. The van der Waals surface area contributed by atoms with Gasteiger partial charge in [0.1, 0.15) is 0 Å². The first-order valence-electron chi connectivity index (χ1n) is 6.02. The Morgan fingerprint density at radius 2 is 2.18 bits per heavy atom. The van der Waals surface area contributed by atoms with Crippen LogP contribution in [0.25, 0.3) is 0 Å². The van der Waals surface area contributed by atoms with Crippen LogP contribution in [-0.2, 0) is 11.3 Å². The number of benzene rings is 1. The van der Waals surface area contributed by atoms with E-state index in [1.807, 2.05) is 24.3 Å². The van der Waals surface area contributed by atoms with E-state index in [1.165, 1.54) is 0 Å². The van der Waals surface area contributed by atoms with Crippen LogP contribution in [0.3, 0.4) is 0 Å². The summed E-state index contributed by atoms with van der Waals surface area (Å²) in [6, 6.07) is 7.86. The highest BCUT2D eigenvalue weighted by atomic mass is 16.1. The van der Waals surface area contributed by atoms with Gasteiger partial charge in [0, 0.05) is 18.8 Å². The standard InChI is InChI=1S/C13H19N3O/c14-12-6-2-1-4-10(12)8-16-7-3-5-11(9-16)13(15)17/h1-2,4,6,11H,3,5,7-9,14H2,(H2,15,17). The van der Waals surface area contributed by atoms with Crippen LogP contribution >= 0.6 is 0 Å². The van der Waals surface area contributed by atoms with Gasteiger partial charge in [0.05, 0.1) is 5.92 Å². The average molecular weight is 233 g/mol. The smallest absolute Gasteiger partial charge is 0.221 e. The predicted octanol–water partition coefficient (Wildman–Crippen LogP) is 0.966. The van der Waals surface area contributed by atoms with Crippen LogP contribution in [0.5, 0.6) is 0 Å². The van der Waals surface area contributed by atoms with Crippen molar-refractivity contribution in [2.45, 2.75) is 19.4 Å². The molecule has 1 atom stereocenters. The molecular formula is C13H19N3O. The number of nitrogens with zero attached hydrogens (tertiary/aromatic N) is 1. The first-order chi connectivity index (χ1) is 8.16. The van der Waals surface area contributed by atoms with Crippen molar-refractivity contribution in [1.29, 1.82) is 0 Å². The van der Waals surface area contributed by atoms with Crippen molar-refractivity contribution in [3.8, 4) is 0 Å². The molecule has 1 fully saturated rings. The van der Waals surface area contributed by atoms with Crippen molar-refractivity contribution in [2.75, 3.05) is 18.8 Å². The summed E-state index contributed by atoms with van der Waals surface area (Å²) in [6.07, 6.45) is 1.94. The van der Waals surface area contributed by atoms with Crippen LogP contribution in [0, 0.1) is 5.92 Å². The van der Waals surface area contributed by atoms with Crippen LogP contribution in [0.2, 0.25) is 0 Å². The first kappa shape index (κ1) is 11.9. The van der Waals surface area contributed by atoms with Crippen molar-refractivity contribution in [1.82, 2.24) is 4.90 Å². The molecular weight excluding hydrogens is 214 g/mol. The maximum atomic E-state index is 11.2. The predicted molar refractivity (Wildman–Crippen MR) is 68.0 cm³/mol. The largest absolute Gasteiger partial charge is 0.398 e. The molecule has 1 aromatic rings. The number of amides is 1. The van der Waals surface area contributed by atoms with Crippen LogP contribution in [0.1, 0.15) is 18.4 Å². The van der Waals surface area contributed by atoms with E-state index in [-0.39, 0.29) is 11.8 Å². The number of hydrogen-bond donors (Lipinski definition) is 2. The van der Waals surface area contributed by atoms with E-state index >= 15 is 0 Å². The van der Waals surface area contributed by atoms with Gasteiger partial charge in [0.2, 0.25) is 5.91 Å². The van der Waals surface area contributed by atoms with Gasteiger partial charge in [-0.05, 0) is 31.0 Å². The molecule has 4 N–H and O–H groups in total. The van der Waals surface area contributed by atoms with Crippen molar-refractivity contribution in [3.05, 3.63) is 29.8 Å². The average Bonchev–Trinajstić information content (AvgIpc) is 2.32. The van der Waals surface area contributed by atoms with Gasteiger partial charge < -0.3 is 11.5 Å². The van der Waals surface area contributed by atoms with Crippen molar-refractivity contribution < 1.29 is 4.79 Å². The van der Waals surface area contributed by atoms with Crippen molar-refractivity contribution in [3.63, 3.8) is 0 Å². The summed E-state index contributed by atoms with van der Waals surface area (Å²) in [5, 5.41) is 0. The normalized spacial score (nSPS) is 21.3. The fourth-order valence-electron chi connectivity index (χ4n) is 2.35. The second-order valence-electron chi connectivity index (χ2n) is 4.68. The van der Waals surface area contributed by atoms with Gasteiger partial charge in [-0.25, -0.2) is 0 Å². The van der Waals surface area contributed by atoms with Crippen molar-refractivity contribution >= 4 is 11.6 Å². The van der Waals surface area contributed by atoms with E-state index in [1.54, 1.807) is 0 Å². The number of rotatable bonds is 3. The molecule has 1 aliphatic heterocycles. The van der Waals surface area contributed by atoms with E-state index in [0.717, 1.165) is 43.7 Å². The third kappa shape index (κ3) is 2.97. The van der Waals surface area contributed by atoms with Gasteiger partial charge in [-0.3, -0.25) is 9.69 Å². The van der Waals surface area contributed by atoms with Gasteiger partial charge in [-0.1, -0.05) is 18.2 Å². The molecule has 0 aliphatic carbocycles. The third-order valence-electron chi connectivity index (χ3n) is 3.36. The van der Waals surface area contributed by atoms with Gasteiger partial charge in [-0.15, -0.1) is 0 Å². The molecule has 4 heteroatoms. The molecule has 0 saturated carbocycles. The number of nitrogens with two attached hydrogens (primary N) is 2. The summed E-state index contributed by atoms with van der Waals surface area (Å²) >= 11 is 0. The zero-order chi connectivity index (χ0) is 12.3. The minimum atomic E-state index is -0.185. The lowest BCUT2D eigenvalue weighted by molar-refractivity contribution is -0.123. The minimum Gasteiger partial charge on any atom is -0.398 e. The van der Waals surface area contributed by atoms with Crippen molar-refractivity contribution in [2.24, 2.45) is 11.7 Å². The Labute approximate surface area is 102 Å². The zero-order valence-corrected chi connectivity index (χ0v) is 9.93. The number of primary amides is 1. The van der Waals surface area contributed by atoms with Gasteiger partial charge in [0.15, 0.2) is 0 Å². The highest BCUT2D eigenvalue weighted by molar-refractivity contribution is 5.76. The summed E-state index contributed by atoms with van der Waals surface area (Å²) < 4.78 is 0. The van der Waals surface area contributed by atoms with Gasteiger partial charge in [0.25, 0.3) is 0 Å². The minimum absolute atomic E-state index is 0.00585. The molecule has 1 amide bonds. The maximum absolute atomic E-state index is 11.2. The molecule has 0 bridgehead atoms. The molecule has 17 heavy (non-hydrogen) atoms. The third-order valence-corrected chi connectivity index (χ3v) is 3.36. The number of piperidine rings is 1. The van der Waals surface area contributed by atoms with E-state index in [0.29, 0.717) is 0 Å². The Hall–Kier alpha value is -1.55. The van der Waals surface area contributed by atoms with Crippen LogP contribution < -0.4 is 11.5 Å². The van der Waals surface area contributed by atoms with E-state index in [2.05, 4.69) is 4.90 Å². The summed E-state index contributed by atoms with van der Waals surface area (Å²) in [5.74, 6) is -0.190. The van der Waals surface area contributed by atoms with E-state index < -0.39 is 0 Å². The number of hydrogen-bond acceptors (Lipinski definition) is 3. The second-order valence-corrected chi connectivity index (χ2v) is 4.68. The Balaban J connectivity index is 1.99. The summed E-state index contributed by atoms with van der Waals surface area (Å²) in [6.45, 7) is 2.57. The lowest BCUT2D eigenvalue weighted by Crippen LogP contribution is -2.40. The lowest BCUT2D eigenvalue weighted by Gasteiger charge is -2.31. The molecule has 2 rings (SSSR count). The molecule has 1 saturated heterocycles. The van der Waals surface area contributed by atoms with Crippen LogP contribution in [0.4, 0.5) is 5.69 Å². The zero-order valence-electron chi connectivity index (χ0n) is 9.93. The topological polar surface area (TPSA) is 72.4 Å². The van der Waals surface area contributed by atoms with Crippen LogP contribution in [-0.4, -0.2) is 23.9 Å². The number of likely N-dealkylation sites (tertiary alicyclic amines) is 1. The maximum Gasteiger partial charge on any atom is 0.221 e. The second kappa shape index (κ2) is 5.19. The number of para-hydroxylation sites is 1. The molecule has 0 spiro atoms. The number of nitrogen functional groups attached to an aromatic ring is 1. The molecule has 4 nitrogen and oxygen atoms in total. The molecule has 0 radical (unpaired) electrons. The summed E-state index contributed by atoms with van der Waals surface area (Å²) in [4.78, 5) is 13.4. The first-order valence-corrected chi connectivity index (χ1v) is 6.02. The highest BCUT2D eigenvalue weighted by Crippen LogP contribution is 2.20. The lowest BCUT2D eigenvalue weighted by atomic mass is 9.97. The quantitative estimate of drug-likeness (QED) is 0.764. The molecule has 92 valence electrons. The van der Waals surface area contributed by atoms with E-state index in [4.69, 9.17) is 11.5 Å². The van der Waals surface area contributed by atoms with Crippen LogP contribution in [0.15, 0.2) is 24.3 Å². The Kier molecular flexibility index (Phi) is 3.64. The molecule has 0 aromatic heterocycles. The Morgan fingerprint density at radius 1 is 1.41 bits per heavy atom. The molecule has 1 unspecified atom stereocenters. The summed E-state index contributed by atoms with van der Waals surface area (Å²) in [5.41, 5.74) is 13.2. The van der Waals surface area contributed by atoms with Gasteiger partial charge in [-0.2, -0.15) is 0 Å². The highest BCUT2D eigenvalue weighted by Gasteiger charge is 2.23. The molecule has 1 heterocycles. The molecule has 1 aromatic carbocycles. The molecule has 1 aliphatic rings. The fraction of sp³-hybridized carbons (Fsp3) is 0.462. The number of carbonyl (C=O) groups excluding carboxylic acids is 1. The monoisotopic (exact) mass is 233 g/mol. The van der Waals surface area contributed by atoms with E-state index in [9.17, 15) is 4.79 Å². The van der Waals surface area contributed by atoms with Gasteiger partial charge >= 0.3 is 0 Å². The summed E-state index contributed by atoms with van der Waals surface area (Å²) in [7, 11) is 0. The number of anilines is 1. The Morgan fingerprint density at radius 3 is 2.88 bits per heavy atom. The fourth-order valence-corrected chi connectivity index (χ4v) is 2.35. The number of carbonyl (C=O) groups is 1.